The highest BCUT2D eigenvalue weighted by molar-refractivity contribution is 7.98. The molecule has 1 N–H and O–H groups in total. The molecule has 0 aliphatic heterocycles. The topological polar surface area (TPSA) is 72.2 Å². The van der Waals surface area contributed by atoms with Crippen LogP contribution in [0.1, 0.15) is 41.8 Å². The Morgan fingerprint density at radius 3 is 2.67 bits per heavy atom. The average molecular weight is 384 g/mol. The third-order valence-corrected chi connectivity index (χ3v) is 5.33. The molecule has 7 heteroatoms. The zero-order valence-electron chi connectivity index (χ0n) is 16.2. The van der Waals surface area contributed by atoms with Crippen molar-refractivity contribution in [2.75, 3.05) is 12.8 Å². The Morgan fingerprint density at radius 1 is 1.22 bits per heavy atom. The smallest absolute Gasteiger partial charge is 0.253 e. The fourth-order valence-electron chi connectivity index (χ4n) is 3.13. The van der Waals surface area contributed by atoms with Gasteiger partial charge >= 0.3 is 0 Å². The monoisotopic (exact) mass is 383 g/mol. The normalized spacial score (nSPS) is 12.3. The highest BCUT2D eigenvalue weighted by Crippen LogP contribution is 2.18. The first-order valence-corrected chi connectivity index (χ1v) is 10.3. The number of carbonyl (C=O) groups excluding carboxylic acids is 1. The van der Waals surface area contributed by atoms with E-state index < -0.39 is 0 Å². The molecule has 0 bridgehead atoms. The van der Waals surface area contributed by atoms with E-state index in [1.54, 1.807) is 4.52 Å². The van der Waals surface area contributed by atoms with Gasteiger partial charge < -0.3 is 5.32 Å². The minimum absolute atomic E-state index is 0.0556. The Morgan fingerprint density at radius 2 is 1.96 bits per heavy atom. The maximum Gasteiger partial charge on any atom is 0.253 e. The molecule has 2 aromatic heterocycles. The summed E-state index contributed by atoms with van der Waals surface area (Å²) < 4.78 is 1.77. The third-order valence-electron chi connectivity index (χ3n) is 4.79. The van der Waals surface area contributed by atoms with Gasteiger partial charge in [0.05, 0.1) is 0 Å². The SMILES string of the molecule is CSc1nc2nc(C)c(CCC(=O)NCC(C)c3ccccc3)c(C)n2n1. The van der Waals surface area contributed by atoms with Crippen molar-refractivity contribution in [3.05, 3.63) is 52.8 Å². The van der Waals surface area contributed by atoms with Gasteiger partial charge in [-0.25, -0.2) is 9.50 Å². The predicted octanol–water partition coefficient (Wildman–Crippen LogP) is 3.32. The van der Waals surface area contributed by atoms with Gasteiger partial charge in [0.1, 0.15) is 0 Å². The Kier molecular flexibility index (Phi) is 6.11. The molecular formula is C20H25N5OS. The van der Waals surface area contributed by atoms with E-state index in [1.165, 1.54) is 17.3 Å². The van der Waals surface area contributed by atoms with Crippen LogP contribution < -0.4 is 5.32 Å². The number of carbonyl (C=O) groups is 1. The summed E-state index contributed by atoms with van der Waals surface area (Å²) in [6.07, 6.45) is 3.01. The molecule has 0 radical (unpaired) electrons. The molecule has 27 heavy (non-hydrogen) atoms. The number of rotatable bonds is 7. The lowest BCUT2D eigenvalue weighted by atomic mass is 10.0. The van der Waals surface area contributed by atoms with Crippen molar-refractivity contribution in [2.45, 2.75) is 44.7 Å². The highest BCUT2D eigenvalue weighted by Gasteiger charge is 2.15. The van der Waals surface area contributed by atoms with E-state index in [1.807, 2.05) is 38.3 Å². The maximum atomic E-state index is 12.3. The summed E-state index contributed by atoms with van der Waals surface area (Å²) in [5, 5.41) is 8.20. The number of thioether (sulfide) groups is 1. The number of benzene rings is 1. The minimum Gasteiger partial charge on any atom is -0.355 e. The highest BCUT2D eigenvalue weighted by atomic mass is 32.2. The first-order chi connectivity index (χ1) is 13.0. The molecule has 0 saturated carbocycles. The second kappa shape index (κ2) is 8.52. The third kappa shape index (κ3) is 4.47. The van der Waals surface area contributed by atoms with Crippen LogP contribution in [0.15, 0.2) is 35.5 Å². The summed E-state index contributed by atoms with van der Waals surface area (Å²) >= 11 is 1.49. The van der Waals surface area contributed by atoms with Gasteiger partial charge in [0.15, 0.2) is 0 Å². The number of aromatic nitrogens is 4. The number of hydrogen-bond acceptors (Lipinski definition) is 5. The van der Waals surface area contributed by atoms with Gasteiger partial charge in [0.2, 0.25) is 11.1 Å². The molecule has 0 fully saturated rings. The second-order valence-electron chi connectivity index (χ2n) is 6.69. The summed E-state index contributed by atoms with van der Waals surface area (Å²) in [7, 11) is 0. The molecule has 1 atom stereocenters. The molecule has 0 spiro atoms. The number of fused-ring (bicyclic) bond motifs is 1. The van der Waals surface area contributed by atoms with Crippen molar-refractivity contribution in [3.8, 4) is 0 Å². The summed E-state index contributed by atoms with van der Waals surface area (Å²) in [5.41, 5.74) is 4.20. The minimum atomic E-state index is 0.0556. The molecule has 0 aliphatic carbocycles. The van der Waals surface area contributed by atoms with Gasteiger partial charge in [-0.3, -0.25) is 4.79 Å². The molecule has 3 aromatic rings. The van der Waals surface area contributed by atoms with E-state index in [4.69, 9.17) is 0 Å². The Hall–Kier alpha value is -2.41. The largest absolute Gasteiger partial charge is 0.355 e. The average Bonchev–Trinajstić information content (AvgIpc) is 3.10. The molecule has 0 aliphatic rings. The Balaban J connectivity index is 1.61. The van der Waals surface area contributed by atoms with Crippen molar-refractivity contribution in [2.24, 2.45) is 0 Å². The van der Waals surface area contributed by atoms with Gasteiger partial charge in [-0.05, 0) is 43.6 Å². The number of hydrogen-bond donors (Lipinski definition) is 1. The number of amides is 1. The molecule has 142 valence electrons. The van der Waals surface area contributed by atoms with Gasteiger partial charge in [0, 0.05) is 24.4 Å². The van der Waals surface area contributed by atoms with E-state index in [2.05, 4.69) is 39.4 Å². The first-order valence-electron chi connectivity index (χ1n) is 9.08. The van der Waals surface area contributed by atoms with Crippen LogP contribution in [0.3, 0.4) is 0 Å². The molecule has 6 nitrogen and oxygen atoms in total. The molecular weight excluding hydrogens is 358 g/mol. The lowest BCUT2D eigenvalue weighted by Gasteiger charge is -2.14. The zero-order valence-corrected chi connectivity index (χ0v) is 17.0. The van der Waals surface area contributed by atoms with Gasteiger partial charge in [0.25, 0.3) is 5.78 Å². The number of nitrogens with one attached hydrogen (secondary N) is 1. The molecule has 0 saturated heterocycles. The number of nitrogens with zero attached hydrogens (tertiary/aromatic N) is 4. The van der Waals surface area contributed by atoms with E-state index in [9.17, 15) is 4.79 Å². The quantitative estimate of drug-likeness (QED) is 0.634. The first kappa shape index (κ1) is 19.4. The fourth-order valence-corrected chi connectivity index (χ4v) is 3.47. The summed E-state index contributed by atoms with van der Waals surface area (Å²) in [6, 6.07) is 10.2. The zero-order chi connectivity index (χ0) is 19.4. The van der Waals surface area contributed by atoms with Crippen LogP contribution in [-0.4, -0.2) is 38.3 Å². The lowest BCUT2D eigenvalue weighted by Crippen LogP contribution is -2.27. The number of aryl methyl sites for hydroxylation is 2. The van der Waals surface area contributed by atoms with E-state index in [0.717, 1.165) is 17.0 Å². The van der Waals surface area contributed by atoms with Gasteiger partial charge in [-0.1, -0.05) is 49.0 Å². The van der Waals surface area contributed by atoms with Crippen molar-refractivity contribution >= 4 is 23.4 Å². The Bertz CT molecular complexity index is 938. The van der Waals surface area contributed by atoms with Crippen LogP contribution in [0, 0.1) is 13.8 Å². The molecule has 2 heterocycles. The Labute approximate surface area is 163 Å². The van der Waals surface area contributed by atoms with Crippen LogP contribution in [0.2, 0.25) is 0 Å². The van der Waals surface area contributed by atoms with Gasteiger partial charge in [-0.15, -0.1) is 5.10 Å². The van der Waals surface area contributed by atoms with E-state index >= 15 is 0 Å². The summed E-state index contributed by atoms with van der Waals surface area (Å²) in [6.45, 7) is 6.73. The second-order valence-corrected chi connectivity index (χ2v) is 7.46. The fraction of sp³-hybridized carbons (Fsp3) is 0.400. The molecule has 1 unspecified atom stereocenters. The molecule has 1 aromatic carbocycles. The summed E-state index contributed by atoms with van der Waals surface area (Å²) in [5.74, 6) is 0.955. The van der Waals surface area contributed by atoms with Crippen LogP contribution in [0.5, 0.6) is 0 Å². The maximum absolute atomic E-state index is 12.3. The van der Waals surface area contributed by atoms with Crippen LogP contribution in [0.25, 0.3) is 5.78 Å². The van der Waals surface area contributed by atoms with E-state index in [-0.39, 0.29) is 11.8 Å². The standard InChI is InChI=1S/C20H25N5OS/c1-13(16-8-6-5-7-9-16)12-21-18(26)11-10-17-14(2)22-19-23-20(27-4)24-25(19)15(17)3/h5-9,13H,10-12H2,1-4H3,(H,21,26). The van der Waals surface area contributed by atoms with Crippen LogP contribution >= 0.6 is 11.8 Å². The molecule has 1 amide bonds. The predicted molar refractivity (Wildman–Crippen MR) is 108 cm³/mol. The summed E-state index contributed by atoms with van der Waals surface area (Å²) in [4.78, 5) is 21.3. The van der Waals surface area contributed by atoms with Crippen LogP contribution in [-0.2, 0) is 11.2 Å². The van der Waals surface area contributed by atoms with Gasteiger partial charge in [-0.2, -0.15) is 4.98 Å². The van der Waals surface area contributed by atoms with E-state index in [0.29, 0.717) is 30.3 Å². The molecule has 3 rings (SSSR count). The van der Waals surface area contributed by atoms with Crippen molar-refractivity contribution in [1.29, 1.82) is 0 Å². The van der Waals surface area contributed by atoms with Crippen molar-refractivity contribution < 1.29 is 4.79 Å². The lowest BCUT2D eigenvalue weighted by molar-refractivity contribution is -0.121. The van der Waals surface area contributed by atoms with Crippen LogP contribution in [0.4, 0.5) is 0 Å². The van der Waals surface area contributed by atoms with Crippen molar-refractivity contribution in [1.82, 2.24) is 24.9 Å². The van der Waals surface area contributed by atoms with Crippen molar-refractivity contribution in [3.63, 3.8) is 0 Å².